The van der Waals surface area contributed by atoms with Crippen LogP contribution in [-0.2, 0) is 10.0 Å². The molecule has 0 atom stereocenters. The normalized spacial score (nSPS) is 11.6. The standard InChI is InChI=1S/C16H14BrN3O4S/c1-8-3-4-11(10(17)5-8)20-25(23,24)14-7-13-12(6-9(14)2)18-15(21)16(22)19-13/h3-7,20H,1-2H3,(H,18,21)(H,19,22). The third kappa shape index (κ3) is 3.38. The minimum atomic E-state index is -3.89. The molecule has 0 bridgehead atoms. The molecule has 0 unspecified atom stereocenters. The van der Waals surface area contributed by atoms with E-state index in [2.05, 4.69) is 30.6 Å². The lowest BCUT2D eigenvalue weighted by Gasteiger charge is -2.13. The van der Waals surface area contributed by atoms with Crippen molar-refractivity contribution < 1.29 is 8.42 Å². The van der Waals surface area contributed by atoms with Crippen LogP contribution in [0.5, 0.6) is 0 Å². The Labute approximate surface area is 151 Å². The van der Waals surface area contributed by atoms with Gasteiger partial charge in [-0.15, -0.1) is 0 Å². The highest BCUT2D eigenvalue weighted by Crippen LogP contribution is 2.28. The van der Waals surface area contributed by atoms with Crippen LogP contribution in [0.3, 0.4) is 0 Å². The minimum absolute atomic E-state index is 0.00942. The summed E-state index contributed by atoms with van der Waals surface area (Å²) in [5, 5.41) is 0. The van der Waals surface area contributed by atoms with Crippen molar-refractivity contribution in [3.8, 4) is 0 Å². The van der Waals surface area contributed by atoms with Gasteiger partial charge in [0.25, 0.3) is 10.0 Å². The average molecular weight is 424 g/mol. The molecule has 9 heteroatoms. The van der Waals surface area contributed by atoms with Gasteiger partial charge in [-0.25, -0.2) is 8.42 Å². The zero-order chi connectivity index (χ0) is 18.4. The van der Waals surface area contributed by atoms with Crippen molar-refractivity contribution >= 4 is 42.7 Å². The molecule has 0 spiro atoms. The molecular formula is C16H14BrN3O4S. The Kier molecular flexibility index (Phi) is 4.29. The number of fused-ring (bicyclic) bond motifs is 1. The van der Waals surface area contributed by atoms with Gasteiger partial charge in [-0.1, -0.05) is 6.07 Å². The van der Waals surface area contributed by atoms with E-state index < -0.39 is 21.1 Å². The summed E-state index contributed by atoms with van der Waals surface area (Å²) in [7, 11) is -3.89. The predicted octanol–water partition coefficient (Wildman–Crippen LogP) is 2.40. The summed E-state index contributed by atoms with van der Waals surface area (Å²) in [5.41, 5.74) is 0.790. The van der Waals surface area contributed by atoms with E-state index in [1.807, 2.05) is 6.92 Å². The van der Waals surface area contributed by atoms with Crippen molar-refractivity contribution in [1.82, 2.24) is 9.97 Å². The number of halogens is 1. The van der Waals surface area contributed by atoms with Crippen LogP contribution in [0.25, 0.3) is 11.0 Å². The maximum absolute atomic E-state index is 12.8. The van der Waals surface area contributed by atoms with E-state index >= 15 is 0 Å². The molecule has 25 heavy (non-hydrogen) atoms. The number of anilines is 1. The number of aromatic nitrogens is 2. The van der Waals surface area contributed by atoms with Gasteiger partial charge in [0.2, 0.25) is 0 Å². The molecular weight excluding hydrogens is 410 g/mol. The van der Waals surface area contributed by atoms with Gasteiger partial charge >= 0.3 is 11.1 Å². The highest BCUT2D eigenvalue weighted by molar-refractivity contribution is 9.10. The van der Waals surface area contributed by atoms with Crippen molar-refractivity contribution in [2.24, 2.45) is 0 Å². The Morgan fingerprint density at radius 3 is 2.16 bits per heavy atom. The number of H-pyrrole nitrogens is 2. The molecule has 3 N–H and O–H groups in total. The van der Waals surface area contributed by atoms with Crippen molar-refractivity contribution in [1.29, 1.82) is 0 Å². The molecule has 0 saturated heterocycles. The molecule has 2 aromatic carbocycles. The second kappa shape index (κ2) is 6.16. The minimum Gasteiger partial charge on any atom is -0.316 e. The lowest BCUT2D eigenvalue weighted by atomic mass is 10.2. The maximum Gasteiger partial charge on any atom is 0.314 e. The topological polar surface area (TPSA) is 112 Å². The molecule has 0 aliphatic heterocycles. The quantitative estimate of drug-likeness (QED) is 0.561. The summed E-state index contributed by atoms with van der Waals surface area (Å²) in [4.78, 5) is 27.7. The van der Waals surface area contributed by atoms with Crippen molar-refractivity contribution in [3.63, 3.8) is 0 Å². The monoisotopic (exact) mass is 423 g/mol. The van der Waals surface area contributed by atoms with Crippen LogP contribution in [0.2, 0.25) is 0 Å². The predicted molar refractivity (Wildman–Crippen MR) is 99.6 cm³/mol. The van der Waals surface area contributed by atoms with Crippen molar-refractivity contribution in [2.75, 3.05) is 4.72 Å². The molecule has 0 aliphatic rings. The summed E-state index contributed by atoms with van der Waals surface area (Å²) >= 11 is 3.33. The molecule has 130 valence electrons. The van der Waals surface area contributed by atoms with Gasteiger partial charge in [-0.3, -0.25) is 14.3 Å². The SMILES string of the molecule is Cc1ccc(NS(=O)(=O)c2cc3[nH]c(=O)c(=O)[nH]c3cc2C)c(Br)c1. The number of hydrogen-bond donors (Lipinski definition) is 3. The molecule has 3 aromatic rings. The van der Waals surface area contributed by atoms with Crippen LogP contribution < -0.4 is 15.8 Å². The molecule has 7 nitrogen and oxygen atoms in total. The van der Waals surface area contributed by atoms with Gasteiger partial charge in [0.15, 0.2) is 0 Å². The number of aromatic amines is 2. The molecule has 0 amide bonds. The lowest BCUT2D eigenvalue weighted by molar-refractivity contribution is 0.600. The van der Waals surface area contributed by atoms with Gasteiger partial charge in [0.05, 0.1) is 21.6 Å². The highest BCUT2D eigenvalue weighted by atomic mass is 79.9. The van der Waals surface area contributed by atoms with Crippen LogP contribution in [0.4, 0.5) is 5.69 Å². The Morgan fingerprint density at radius 2 is 1.56 bits per heavy atom. The van der Waals surface area contributed by atoms with E-state index in [1.54, 1.807) is 25.1 Å². The Morgan fingerprint density at radius 1 is 0.960 bits per heavy atom. The lowest BCUT2D eigenvalue weighted by Crippen LogP contribution is -2.29. The van der Waals surface area contributed by atoms with Gasteiger partial charge in [-0.05, 0) is 65.2 Å². The summed E-state index contributed by atoms with van der Waals surface area (Å²) < 4.78 is 28.7. The fraction of sp³-hybridized carbons (Fsp3) is 0.125. The molecule has 1 aromatic heterocycles. The van der Waals surface area contributed by atoms with Gasteiger partial charge in [0.1, 0.15) is 0 Å². The first-order valence-corrected chi connectivity index (χ1v) is 9.51. The van der Waals surface area contributed by atoms with Crippen molar-refractivity contribution in [2.45, 2.75) is 18.7 Å². The summed E-state index contributed by atoms with van der Waals surface area (Å²) in [5.74, 6) is 0. The van der Waals surface area contributed by atoms with Crippen LogP contribution in [0.1, 0.15) is 11.1 Å². The zero-order valence-corrected chi connectivity index (χ0v) is 15.7. The third-order valence-electron chi connectivity index (χ3n) is 3.68. The fourth-order valence-corrected chi connectivity index (χ4v) is 4.50. The fourth-order valence-electron chi connectivity index (χ4n) is 2.45. The van der Waals surface area contributed by atoms with E-state index in [9.17, 15) is 18.0 Å². The van der Waals surface area contributed by atoms with Gasteiger partial charge < -0.3 is 9.97 Å². The second-order valence-electron chi connectivity index (χ2n) is 5.66. The largest absolute Gasteiger partial charge is 0.316 e. The van der Waals surface area contributed by atoms with Gasteiger partial charge in [0, 0.05) is 4.47 Å². The smallest absolute Gasteiger partial charge is 0.314 e. The number of rotatable bonds is 3. The third-order valence-corrected chi connectivity index (χ3v) is 5.84. The Hall–Kier alpha value is -2.39. The van der Waals surface area contributed by atoms with Crippen LogP contribution in [0, 0.1) is 13.8 Å². The summed E-state index contributed by atoms with van der Waals surface area (Å²) in [6.45, 7) is 3.51. The number of hydrogen-bond acceptors (Lipinski definition) is 4. The number of aryl methyl sites for hydroxylation is 2. The summed E-state index contributed by atoms with van der Waals surface area (Å²) in [6.07, 6.45) is 0. The van der Waals surface area contributed by atoms with Crippen molar-refractivity contribution in [3.05, 3.63) is 66.6 Å². The Balaban J connectivity index is 2.13. The number of sulfonamides is 1. The zero-order valence-electron chi connectivity index (χ0n) is 13.3. The van der Waals surface area contributed by atoms with Crippen LogP contribution in [0.15, 0.2) is 49.3 Å². The van der Waals surface area contributed by atoms with E-state index in [-0.39, 0.29) is 10.4 Å². The highest BCUT2D eigenvalue weighted by Gasteiger charge is 2.19. The van der Waals surface area contributed by atoms with E-state index in [1.165, 1.54) is 12.1 Å². The van der Waals surface area contributed by atoms with Crippen LogP contribution >= 0.6 is 15.9 Å². The van der Waals surface area contributed by atoms with Crippen LogP contribution in [-0.4, -0.2) is 18.4 Å². The first kappa shape index (κ1) is 17.4. The molecule has 0 aliphatic carbocycles. The molecule has 0 fully saturated rings. The maximum atomic E-state index is 12.8. The average Bonchev–Trinajstić information content (AvgIpc) is 2.51. The van der Waals surface area contributed by atoms with E-state index in [0.717, 1.165) is 5.56 Å². The molecule has 0 radical (unpaired) electrons. The Bertz CT molecular complexity index is 1210. The molecule has 0 saturated carbocycles. The second-order valence-corrected chi connectivity index (χ2v) is 8.17. The number of nitrogens with one attached hydrogen (secondary N) is 3. The first-order chi connectivity index (χ1) is 11.7. The number of benzene rings is 2. The van der Waals surface area contributed by atoms with Gasteiger partial charge in [-0.2, -0.15) is 0 Å². The molecule has 1 heterocycles. The molecule has 3 rings (SSSR count). The summed E-state index contributed by atoms with van der Waals surface area (Å²) in [6, 6.07) is 8.08. The van der Waals surface area contributed by atoms with E-state index in [0.29, 0.717) is 21.2 Å². The van der Waals surface area contributed by atoms with E-state index in [4.69, 9.17) is 0 Å². The first-order valence-electron chi connectivity index (χ1n) is 7.23.